The van der Waals surface area contributed by atoms with Crippen molar-refractivity contribution in [3.63, 3.8) is 0 Å². The second kappa shape index (κ2) is 17.2. The highest BCUT2D eigenvalue weighted by atomic mass is 16.6. The van der Waals surface area contributed by atoms with Crippen molar-refractivity contribution in [3.8, 4) is 0 Å². The van der Waals surface area contributed by atoms with Gasteiger partial charge in [-0.3, -0.25) is 0 Å². The number of hydrogen-bond acceptors (Lipinski definition) is 5. The molecule has 0 spiro atoms. The first-order valence-corrected chi connectivity index (χ1v) is 10.4. The summed E-state index contributed by atoms with van der Waals surface area (Å²) in [5.74, 6) is 0. The molecule has 0 amide bonds. The van der Waals surface area contributed by atoms with Crippen molar-refractivity contribution in [1.29, 1.82) is 0 Å². The first-order chi connectivity index (χ1) is 12.4. The first kappa shape index (κ1) is 22.8. The largest absolute Gasteiger partial charge is 0.396 e. The highest BCUT2D eigenvalue weighted by Crippen LogP contribution is 2.13. The molecule has 2 unspecified atom stereocenters. The number of aliphatic hydroxyl groups is 2. The van der Waals surface area contributed by atoms with E-state index in [0.717, 1.165) is 39.3 Å². The monoisotopic (exact) mass is 360 g/mol. The Balaban J connectivity index is 0.000000286. The number of unbranched alkanes of at least 4 members (excludes halogenated alkanes) is 11. The predicted molar refractivity (Wildman–Crippen MR) is 99.9 cm³/mol. The molecule has 0 saturated carbocycles. The highest BCUT2D eigenvalue weighted by molar-refractivity contribution is 4.71. The molecule has 5 heteroatoms. The molecule has 2 heterocycles. The second-order valence-electron chi connectivity index (χ2n) is 7.14. The van der Waals surface area contributed by atoms with E-state index in [2.05, 4.69) is 0 Å². The van der Waals surface area contributed by atoms with Crippen LogP contribution in [0.3, 0.4) is 0 Å². The Kier molecular flexibility index (Phi) is 15.7. The standard InChI is InChI=1S/C14H30O2.C6H10O3/c15-13-11-9-7-5-3-1-2-4-6-8-10-12-14-16;1(5-3-8-5)7-2-6-4-9-6/h15-16H,1-14H2;5-6H,1-4H2. The lowest BCUT2D eigenvalue weighted by Crippen LogP contribution is -2.06. The molecule has 2 rings (SSSR count). The maximum atomic E-state index is 8.61. The lowest BCUT2D eigenvalue weighted by molar-refractivity contribution is 0.102. The van der Waals surface area contributed by atoms with Crippen LogP contribution in [0.1, 0.15) is 77.0 Å². The smallest absolute Gasteiger partial charge is 0.104 e. The first-order valence-electron chi connectivity index (χ1n) is 10.4. The summed E-state index contributed by atoms with van der Waals surface area (Å²) in [4.78, 5) is 0. The summed E-state index contributed by atoms with van der Waals surface area (Å²) < 4.78 is 15.1. The van der Waals surface area contributed by atoms with Crippen molar-refractivity contribution in [1.82, 2.24) is 0 Å². The zero-order valence-corrected chi connectivity index (χ0v) is 16.0. The zero-order chi connectivity index (χ0) is 18.0. The summed E-state index contributed by atoms with van der Waals surface area (Å²) in [7, 11) is 0. The molecule has 2 saturated heterocycles. The topological polar surface area (TPSA) is 74.8 Å². The fourth-order valence-electron chi connectivity index (χ4n) is 2.65. The van der Waals surface area contributed by atoms with Crippen LogP contribution in [0.15, 0.2) is 0 Å². The van der Waals surface area contributed by atoms with Crippen LogP contribution in [-0.4, -0.2) is 62.1 Å². The van der Waals surface area contributed by atoms with Crippen LogP contribution in [0.4, 0.5) is 0 Å². The average molecular weight is 361 g/mol. The van der Waals surface area contributed by atoms with Gasteiger partial charge in [0, 0.05) is 13.2 Å². The van der Waals surface area contributed by atoms with Crippen LogP contribution in [0.5, 0.6) is 0 Å². The summed E-state index contributed by atoms with van der Waals surface area (Å²) in [6.45, 7) is 3.97. The van der Waals surface area contributed by atoms with E-state index in [0.29, 0.717) is 25.4 Å². The lowest BCUT2D eigenvalue weighted by Gasteiger charge is -2.02. The van der Waals surface area contributed by atoms with E-state index in [4.69, 9.17) is 24.4 Å². The molecule has 5 nitrogen and oxygen atoms in total. The van der Waals surface area contributed by atoms with Crippen LogP contribution in [-0.2, 0) is 14.2 Å². The molecular weight excluding hydrogens is 320 g/mol. The minimum atomic E-state index is 0.355. The van der Waals surface area contributed by atoms with Gasteiger partial charge in [-0.2, -0.15) is 0 Å². The maximum Gasteiger partial charge on any atom is 0.104 e. The molecular formula is C20H40O5. The van der Waals surface area contributed by atoms with E-state index in [1.165, 1.54) is 64.2 Å². The van der Waals surface area contributed by atoms with Gasteiger partial charge in [0.25, 0.3) is 0 Å². The maximum absolute atomic E-state index is 8.61. The molecule has 2 aliphatic heterocycles. The fraction of sp³-hybridized carbons (Fsp3) is 1.00. The summed E-state index contributed by atoms with van der Waals surface area (Å²) >= 11 is 0. The van der Waals surface area contributed by atoms with Crippen molar-refractivity contribution >= 4 is 0 Å². The van der Waals surface area contributed by atoms with Crippen molar-refractivity contribution in [2.24, 2.45) is 0 Å². The second-order valence-corrected chi connectivity index (χ2v) is 7.14. The Morgan fingerprint density at radius 1 is 0.560 bits per heavy atom. The summed E-state index contributed by atoms with van der Waals surface area (Å²) in [6.07, 6.45) is 15.9. The van der Waals surface area contributed by atoms with Crippen LogP contribution >= 0.6 is 0 Å². The van der Waals surface area contributed by atoms with Gasteiger partial charge in [0.1, 0.15) is 12.2 Å². The van der Waals surface area contributed by atoms with Gasteiger partial charge in [0.2, 0.25) is 0 Å². The lowest BCUT2D eigenvalue weighted by atomic mass is 10.1. The van der Waals surface area contributed by atoms with Gasteiger partial charge in [-0.15, -0.1) is 0 Å². The number of aliphatic hydroxyl groups excluding tert-OH is 2. The van der Waals surface area contributed by atoms with Crippen LogP contribution in [0, 0.1) is 0 Å². The number of hydrogen-bond donors (Lipinski definition) is 2. The minimum absolute atomic E-state index is 0.355. The third-order valence-electron chi connectivity index (χ3n) is 4.48. The Morgan fingerprint density at radius 2 is 0.840 bits per heavy atom. The average Bonchev–Trinajstić information content (AvgIpc) is 3.52. The summed E-state index contributed by atoms with van der Waals surface area (Å²) in [5.41, 5.74) is 0. The quantitative estimate of drug-likeness (QED) is 0.307. The van der Waals surface area contributed by atoms with Gasteiger partial charge in [-0.1, -0.05) is 64.2 Å². The molecule has 0 aliphatic carbocycles. The van der Waals surface area contributed by atoms with Gasteiger partial charge in [-0.25, -0.2) is 0 Å². The minimum Gasteiger partial charge on any atom is -0.396 e. The third-order valence-corrected chi connectivity index (χ3v) is 4.48. The van der Waals surface area contributed by atoms with E-state index >= 15 is 0 Å². The molecule has 2 N–H and O–H groups in total. The molecule has 0 aromatic rings. The molecule has 150 valence electrons. The van der Waals surface area contributed by atoms with Crippen molar-refractivity contribution < 1.29 is 24.4 Å². The molecule has 0 aromatic carbocycles. The molecule has 2 aliphatic rings. The Bertz CT molecular complexity index is 241. The summed E-state index contributed by atoms with van der Waals surface area (Å²) in [6, 6.07) is 0. The van der Waals surface area contributed by atoms with E-state index < -0.39 is 0 Å². The van der Waals surface area contributed by atoms with E-state index in [1.807, 2.05) is 0 Å². The molecule has 25 heavy (non-hydrogen) atoms. The van der Waals surface area contributed by atoms with Crippen LogP contribution in [0.25, 0.3) is 0 Å². The van der Waals surface area contributed by atoms with E-state index in [-0.39, 0.29) is 0 Å². The van der Waals surface area contributed by atoms with Crippen molar-refractivity contribution in [3.05, 3.63) is 0 Å². The summed E-state index contributed by atoms with van der Waals surface area (Å²) in [5, 5.41) is 17.2. The van der Waals surface area contributed by atoms with Crippen molar-refractivity contribution in [2.75, 3.05) is 39.6 Å². The number of ether oxygens (including phenoxy) is 3. The van der Waals surface area contributed by atoms with Crippen LogP contribution in [0.2, 0.25) is 0 Å². The molecule has 2 atom stereocenters. The predicted octanol–water partition coefficient (Wildman–Crippen LogP) is 3.45. The fourth-order valence-corrected chi connectivity index (χ4v) is 2.65. The van der Waals surface area contributed by atoms with E-state index in [1.54, 1.807) is 0 Å². The van der Waals surface area contributed by atoms with Gasteiger partial charge in [-0.05, 0) is 12.8 Å². The molecule has 0 bridgehead atoms. The van der Waals surface area contributed by atoms with Crippen LogP contribution < -0.4 is 0 Å². The van der Waals surface area contributed by atoms with Gasteiger partial charge < -0.3 is 24.4 Å². The highest BCUT2D eigenvalue weighted by Gasteiger charge is 2.26. The van der Waals surface area contributed by atoms with E-state index in [9.17, 15) is 0 Å². The normalized spacial score (nSPS) is 20.9. The number of epoxide rings is 2. The third kappa shape index (κ3) is 18.4. The Morgan fingerprint density at radius 3 is 1.08 bits per heavy atom. The zero-order valence-electron chi connectivity index (χ0n) is 16.0. The Hall–Kier alpha value is -0.200. The number of rotatable bonds is 17. The van der Waals surface area contributed by atoms with Crippen molar-refractivity contribution in [2.45, 2.75) is 89.3 Å². The van der Waals surface area contributed by atoms with Gasteiger partial charge in [0.15, 0.2) is 0 Å². The Labute approximate surface area is 154 Å². The molecule has 2 fully saturated rings. The van der Waals surface area contributed by atoms with Gasteiger partial charge >= 0.3 is 0 Å². The molecule has 0 aromatic heterocycles. The SMILES string of the molecule is C(OCC1CO1)C1CO1.OCCCCCCCCCCCCCCO. The van der Waals surface area contributed by atoms with Gasteiger partial charge in [0.05, 0.1) is 26.4 Å². The molecule has 0 radical (unpaired) electrons.